The fourth-order valence-corrected chi connectivity index (χ4v) is 5.67. The van der Waals surface area contributed by atoms with Crippen molar-refractivity contribution in [1.29, 1.82) is 0 Å². The summed E-state index contributed by atoms with van der Waals surface area (Å²) in [5.41, 5.74) is 6.61. The van der Waals surface area contributed by atoms with Crippen molar-refractivity contribution in [3.63, 3.8) is 0 Å². The second kappa shape index (κ2) is 8.80. The van der Waals surface area contributed by atoms with Gasteiger partial charge >= 0.3 is 0 Å². The summed E-state index contributed by atoms with van der Waals surface area (Å²) in [6.07, 6.45) is 0.591. The second-order valence-corrected chi connectivity index (χ2v) is 10.6. The Labute approximate surface area is 207 Å². The van der Waals surface area contributed by atoms with Crippen LogP contribution in [-0.4, -0.2) is 45.5 Å². The summed E-state index contributed by atoms with van der Waals surface area (Å²) in [4.78, 5) is 29.6. The number of likely N-dealkylation sites (tertiary alicyclic amines) is 1. The van der Waals surface area contributed by atoms with Crippen molar-refractivity contribution in [1.82, 2.24) is 19.9 Å². The van der Waals surface area contributed by atoms with Gasteiger partial charge in [-0.05, 0) is 62.1 Å². The lowest BCUT2D eigenvalue weighted by atomic mass is 10.0. The molecule has 1 saturated heterocycles. The van der Waals surface area contributed by atoms with Gasteiger partial charge in [-0.25, -0.2) is 9.97 Å². The molecular weight excluding hydrogens is 468 g/mol. The van der Waals surface area contributed by atoms with Crippen molar-refractivity contribution >= 4 is 39.9 Å². The molecule has 0 bridgehead atoms. The first kappa shape index (κ1) is 23.0. The van der Waals surface area contributed by atoms with Gasteiger partial charge in [0.05, 0.1) is 33.1 Å². The molecule has 5 rings (SSSR count). The summed E-state index contributed by atoms with van der Waals surface area (Å²) in [5, 5.41) is 1.55. The third kappa shape index (κ3) is 3.91. The number of nitrogens with zero attached hydrogens (tertiary/aromatic N) is 3. The van der Waals surface area contributed by atoms with Gasteiger partial charge in [-0.1, -0.05) is 29.8 Å². The fraction of sp³-hybridized carbons (Fsp3) is 0.346. The third-order valence-corrected chi connectivity index (χ3v) is 8.18. The number of H-pyrrole nitrogens is 1. The number of carbonyl (C=O) groups is 1. The van der Waals surface area contributed by atoms with E-state index in [2.05, 4.69) is 42.0 Å². The van der Waals surface area contributed by atoms with E-state index in [9.17, 15) is 4.79 Å². The molecule has 2 atom stereocenters. The topological polar surface area (TPSA) is 71.1 Å². The smallest absolute Gasteiger partial charge is 0.274 e. The predicted molar refractivity (Wildman–Crippen MR) is 137 cm³/mol. The molecule has 34 heavy (non-hydrogen) atoms. The van der Waals surface area contributed by atoms with E-state index in [-0.39, 0.29) is 18.1 Å². The second-order valence-electron chi connectivity index (χ2n) is 8.96. The first-order valence-electron chi connectivity index (χ1n) is 11.3. The Morgan fingerprint density at radius 1 is 1.15 bits per heavy atom. The van der Waals surface area contributed by atoms with Crippen molar-refractivity contribution in [2.75, 3.05) is 13.7 Å². The third-order valence-electron chi connectivity index (χ3n) is 6.75. The molecule has 6 nitrogen and oxygen atoms in total. The van der Waals surface area contributed by atoms with E-state index in [1.807, 2.05) is 30.9 Å². The first-order chi connectivity index (χ1) is 16.3. The maximum absolute atomic E-state index is 13.9. The minimum Gasteiger partial charge on any atom is -0.380 e. The van der Waals surface area contributed by atoms with Crippen LogP contribution in [0.2, 0.25) is 5.02 Å². The van der Waals surface area contributed by atoms with Gasteiger partial charge in [0.2, 0.25) is 0 Å². The molecule has 1 aliphatic heterocycles. The Morgan fingerprint density at radius 3 is 2.68 bits per heavy atom. The fourth-order valence-electron chi connectivity index (χ4n) is 4.60. The quantitative estimate of drug-likeness (QED) is 0.368. The van der Waals surface area contributed by atoms with Crippen LogP contribution in [0.3, 0.4) is 0 Å². The highest BCUT2D eigenvalue weighted by molar-refractivity contribution is 7.15. The van der Waals surface area contributed by atoms with E-state index in [1.165, 1.54) is 11.1 Å². The molecule has 2 aromatic heterocycles. The Balaban J connectivity index is 1.55. The van der Waals surface area contributed by atoms with Crippen molar-refractivity contribution in [2.24, 2.45) is 0 Å². The lowest BCUT2D eigenvalue weighted by Gasteiger charge is -2.22. The Kier molecular flexibility index (Phi) is 5.96. The number of rotatable bonds is 4. The normalized spacial score (nSPS) is 18.2. The number of methoxy groups -OCH3 is 1. The highest BCUT2D eigenvalue weighted by Gasteiger charge is 2.40. The lowest BCUT2D eigenvalue weighted by Crippen LogP contribution is -2.33. The number of aromatic nitrogens is 3. The van der Waals surface area contributed by atoms with Gasteiger partial charge in [0, 0.05) is 25.1 Å². The van der Waals surface area contributed by atoms with Gasteiger partial charge in [-0.3, -0.25) is 4.79 Å². The number of aryl methyl sites for hydroxylation is 4. The Morgan fingerprint density at radius 2 is 1.94 bits per heavy atom. The van der Waals surface area contributed by atoms with Gasteiger partial charge in [0.15, 0.2) is 0 Å². The molecular formula is C26H27ClN4O2S. The number of hydrogen-bond donors (Lipinski definition) is 1. The van der Waals surface area contributed by atoms with Crippen LogP contribution in [0.1, 0.15) is 50.5 Å². The zero-order valence-corrected chi connectivity index (χ0v) is 21.5. The molecule has 1 N–H and O–H groups in total. The van der Waals surface area contributed by atoms with E-state index in [0.29, 0.717) is 23.7 Å². The van der Waals surface area contributed by atoms with Crippen LogP contribution in [0.15, 0.2) is 30.3 Å². The highest BCUT2D eigenvalue weighted by atomic mass is 35.5. The zero-order chi connectivity index (χ0) is 24.1. The lowest BCUT2D eigenvalue weighted by molar-refractivity contribution is 0.0680. The zero-order valence-electron chi connectivity index (χ0n) is 19.9. The summed E-state index contributed by atoms with van der Waals surface area (Å²) in [7, 11) is 1.69. The van der Waals surface area contributed by atoms with E-state index in [0.717, 1.165) is 37.9 Å². The molecule has 1 amide bonds. The van der Waals surface area contributed by atoms with Crippen LogP contribution >= 0.6 is 22.9 Å². The predicted octanol–water partition coefficient (Wildman–Crippen LogP) is 6.18. The van der Waals surface area contributed by atoms with Gasteiger partial charge in [-0.15, -0.1) is 11.3 Å². The maximum atomic E-state index is 13.9. The van der Waals surface area contributed by atoms with E-state index in [1.54, 1.807) is 18.4 Å². The van der Waals surface area contributed by atoms with Gasteiger partial charge < -0.3 is 14.6 Å². The number of halogens is 1. The first-order valence-corrected chi connectivity index (χ1v) is 12.5. The van der Waals surface area contributed by atoms with Crippen LogP contribution in [0, 0.1) is 27.7 Å². The highest BCUT2D eigenvalue weighted by Crippen LogP contribution is 2.38. The summed E-state index contributed by atoms with van der Waals surface area (Å²) in [5.74, 6) is 0.644. The average Bonchev–Trinajstić information content (AvgIpc) is 3.54. The molecule has 1 aliphatic rings. The van der Waals surface area contributed by atoms with Crippen LogP contribution < -0.4 is 0 Å². The molecule has 4 aromatic rings. The molecule has 2 aromatic carbocycles. The van der Waals surface area contributed by atoms with Crippen LogP contribution in [0.25, 0.3) is 21.5 Å². The number of hydrogen-bond acceptors (Lipinski definition) is 5. The Hall–Kier alpha value is -2.74. The minimum absolute atomic E-state index is 0.0725. The van der Waals surface area contributed by atoms with Crippen molar-refractivity contribution in [3.05, 3.63) is 68.6 Å². The molecule has 0 aliphatic carbocycles. The summed E-state index contributed by atoms with van der Waals surface area (Å²) >= 11 is 7.87. The van der Waals surface area contributed by atoms with Gasteiger partial charge in [0.25, 0.3) is 5.91 Å². The SMILES string of the molecule is CO[C@@H]1C[C@@H](c2nc3ccc(Cl)c(C)c3[nH]2)N(C(=O)c2nc(C)sc2-c2ccc(C)c(C)c2)C1. The number of fused-ring (bicyclic) bond motifs is 1. The molecule has 8 heteroatoms. The number of benzene rings is 2. The number of carbonyl (C=O) groups excluding carboxylic acids is 1. The van der Waals surface area contributed by atoms with Crippen LogP contribution in [0.5, 0.6) is 0 Å². The van der Waals surface area contributed by atoms with Gasteiger partial charge in [0.1, 0.15) is 11.5 Å². The van der Waals surface area contributed by atoms with Crippen molar-refractivity contribution in [2.45, 2.75) is 46.3 Å². The van der Waals surface area contributed by atoms with Crippen LogP contribution in [-0.2, 0) is 4.74 Å². The number of imidazole rings is 1. The van der Waals surface area contributed by atoms with Crippen molar-refractivity contribution in [3.8, 4) is 10.4 Å². The van der Waals surface area contributed by atoms with E-state index >= 15 is 0 Å². The number of aromatic amines is 1. The Bertz CT molecular complexity index is 1410. The molecule has 3 heterocycles. The van der Waals surface area contributed by atoms with Crippen molar-refractivity contribution < 1.29 is 9.53 Å². The number of amides is 1. The summed E-state index contributed by atoms with van der Waals surface area (Å²) < 4.78 is 5.67. The maximum Gasteiger partial charge on any atom is 0.274 e. The van der Waals surface area contributed by atoms with Gasteiger partial charge in [-0.2, -0.15) is 0 Å². The number of nitrogens with one attached hydrogen (secondary N) is 1. The summed E-state index contributed by atoms with van der Waals surface area (Å²) in [6.45, 7) is 8.57. The molecule has 1 fully saturated rings. The monoisotopic (exact) mass is 494 g/mol. The number of thiazole rings is 1. The molecule has 0 unspecified atom stereocenters. The largest absolute Gasteiger partial charge is 0.380 e. The van der Waals surface area contributed by atoms with E-state index in [4.69, 9.17) is 21.3 Å². The molecule has 0 radical (unpaired) electrons. The van der Waals surface area contributed by atoms with Crippen LogP contribution in [0.4, 0.5) is 0 Å². The molecule has 176 valence electrons. The average molecular weight is 495 g/mol. The molecule has 0 saturated carbocycles. The number of ether oxygens (including phenoxy) is 1. The summed E-state index contributed by atoms with van der Waals surface area (Å²) in [6, 6.07) is 9.81. The van der Waals surface area contributed by atoms with E-state index < -0.39 is 0 Å². The minimum atomic E-state index is -0.238. The standard InChI is InChI=1S/C26H27ClN4O2S/c1-13-6-7-17(10-14(13)2)24-23(28-16(4)34-24)26(32)31-12-18(33-5)11-21(31)25-29-20-9-8-19(27)15(3)22(20)30-25/h6-10,18,21H,11-12H2,1-5H3,(H,29,30)/t18-,21+/m1/s1. The molecule has 0 spiro atoms.